The molecule has 0 spiro atoms. The molecule has 3 nitrogen and oxygen atoms in total. The van der Waals surface area contributed by atoms with Crippen LogP contribution in [0.4, 0.5) is 0 Å². The van der Waals surface area contributed by atoms with E-state index < -0.39 is 0 Å². The van der Waals surface area contributed by atoms with Crippen molar-refractivity contribution in [3.05, 3.63) is 23.8 Å². The van der Waals surface area contributed by atoms with Crippen molar-refractivity contribution in [3.63, 3.8) is 0 Å². The van der Waals surface area contributed by atoms with Gasteiger partial charge < -0.3 is 4.42 Å². The predicted octanol–water partition coefficient (Wildman–Crippen LogP) is 3.13. The maximum Gasteiger partial charge on any atom is 0.256 e. The van der Waals surface area contributed by atoms with Crippen LogP contribution in [-0.2, 0) is 0 Å². The Bertz CT molecular complexity index is 509. The lowest BCUT2D eigenvalue weighted by Gasteiger charge is -1.94. The Morgan fingerprint density at radius 2 is 2.40 bits per heavy atom. The van der Waals surface area contributed by atoms with Crippen molar-refractivity contribution in [2.45, 2.75) is 5.22 Å². The maximum absolute atomic E-state index is 11.4. The van der Waals surface area contributed by atoms with Gasteiger partial charge in [-0.05, 0) is 24.5 Å². The van der Waals surface area contributed by atoms with Crippen LogP contribution < -0.4 is 0 Å². The third-order valence-electron chi connectivity index (χ3n) is 1.99. The first-order valence-electron chi connectivity index (χ1n) is 4.28. The Labute approximate surface area is 99.4 Å². The summed E-state index contributed by atoms with van der Waals surface area (Å²) in [5, 5.41) is 0.944. The quantitative estimate of drug-likeness (QED) is 0.494. The largest absolute Gasteiger partial charge is 0.431 e. The number of fused-ring (bicyclic) bond motifs is 1. The van der Waals surface area contributed by atoms with Crippen molar-refractivity contribution >= 4 is 44.6 Å². The zero-order valence-electron chi connectivity index (χ0n) is 7.99. The van der Waals surface area contributed by atoms with Gasteiger partial charge in [-0.1, -0.05) is 27.7 Å². The monoisotopic (exact) mass is 285 g/mol. The number of rotatable bonds is 3. The smallest absolute Gasteiger partial charge is 0.256 e. The molecule has 0 saturated carbocycles. The summed E-state index contributed by atoms with van der Waals surface area (Å²) < 4.78 is 5.41. The van der Waals surface area contributed by atoms with Gasteiger partial charge in [0.05, 0.1) is 5.33 Å². The summed E-state index contributed by atoms with van der Waals surface area (Å²) >= 11 is 4.58. The van der Waals surface area contributed by atoms with Crippen LogP contribution in [0.15, 0.2) is 27.8 Å². The number of hydrogen-bond donors (Lipinski definition) is 0. The van der Waals surface area contributed by atoms with E-state index in [1.807, 2.05) is 6.26 Å². The SMILES string of the molecule is CSc1nc2cc(C(=O)CBr)ccc2o1. The van der Waals surface area contributed by atoms with Crippen molar-refractivity contribution in [1.29, 1.82) is 0 Å². The number of Topliss-reactive ketones (excluding diaryl/α,β-unsaturated/α-hetero) is 1. The van der Waals surface area contributed by atoms with Gasteiger partial charge in [0, 0.05) is 5.56 Å². The van der Waals surface area contributed by atoms with Crippen molar-refractivity contribution in [2.75, 3.05) is 11.6 Å². The molecule has 0 unspecified atom stereocenters. The van der Waals surface area contributed by atoms with E-state index in [1.165, 1.54) is 11.8 Å². The van der Waals surface area contributed by atoms with Gasteiger partial charge in [0.1, 0.15) is 5.52 Å². The molecule has 0 atom stereocenters. The fraction of sp³-hybridized carbons (Fsp3) is 0.200. The average Bonchev–Trinajstić information content (AvgIpc) is 2.69. The average molecular weight is 286 g/mol. The number of aromatic nitrogens is 1. The first-order valence-corrected chi connectivity index (χ1v) is 6.63. The summed E-state index contributed by atoms with van der Waals surface area (Å²) in [6, 6.07) is 5.28. The molecule has 0 fully saturated rings. The number of hydrogen-bond acceptors (Lipinski definition) is 4. The summed E-state index contributed by atoms with van der Waals surface area (Å²) in [6.07, 6.45) is 1.90. The normalized spacial score (nSPS) is 10.8. The van der Waals surface area contributed by atoms with Crippen molar-refractivity contribution < 1.29 is 9.21 Å². The Morgan fingerprint density at radius 1 is 1.60 bits per heavy atom. The Hall–Kier alpha value is -0.810. The van der Waals surface area contributed by atoms with E-state index in [2.05, 4.69) is 20.9 Å². The third-order valence-corrected chi connectivity index (χ3v) is 3.02. The van der Waals surface area contributed by atoms with Crippen LogP contribution in [0.2, 0.25) is 0 Å². The van der Waals surface area contributed by atoms with Gasteiger partial charge in [-0.25, -0.2) is 4.98 Å². The number of ketones is 1. The summed E-state index contributed by atoms with van der Waals surface area (Å²) in [5.74, 6) is 0.0469. The highest BCUT2D eigenvalue weighted by Gasteiger charge is 2.08. The molecule has 1 aromatic carbocycles. The number of nitrogens with zero attached hydrogens (tertiary/aromatic N) is 1. The zero-order chi connectivity index (χ0) is 10.8. The number of benzene rings is 1. The van der Waals surface area contributed by atoms with Crippen LogP contribution in [0, 0.1) is 0 Å². The molecule has 0 aliphatic rings. The molecular formula is C10H8BrNO2S. The highest BCUT2D eigenvalue weighted by atomic mass is 79.9. The number of halogens is 1. The van der Waals surface area contributed by atoms with E-state index >= 15 is 0 Å². The topological polar surface area (TPSA) is 43.1 Å². The minimum absolute atomic E-state index is 0.0469. The second-order valence-electron chi connectivity index (χ2n) is 2.92. The standard InChI is InChI=1S/C10H8BrNO2S/c1-15-10-12-7-4-6(8(13)5-11)2-3-9(7)14-10/h2-4H,5H2,1H3. The van der Waals surface area contributed by atoms with Crippen LogP contribution in [0.25, 0.3) is 11.1 Å². The van der Waals surface area contributed by atoms with Crippen molar-refractivity contribution in [3.8, 4) is 0 Å². The second kappa shape index (κ2) is 4.37. The van der Waals surface area contributed by atoms with Gasteiger partial charge in [-0.2, -0.15) is 0 Å². The lowest BCUT2D eigenvalue weighted by Crippen LogP contribution is -1.98. The molecule has 1 heterocycles. The highest BCUT2D eigenvalue weighted by molar-refractivity contribution is 9.09. The summed E-state index contributed by atoms with van der Waals surface area (Å²) in [7, 11) is 0. The summed E-state index contributed by atoms with van der Waals surface area (Å²) in [6.45, 7) is 0. The Kier molecular flexibility index (Phi) is 3.11. The molecule has 0 aliphatic carbocycles. The first-order chi connectivity index (χ1) is 7.24. The highest BCUT2D eigenvalue weighted by Crippen LogP contribution is 2.22. The molecule has 0 radical (unpaired) electrons. The van der Waals surface area contributed by atoms with Crippen LogP contribution in [-0.4, -0.2) is 22.4 Å². The number of carbonyl (C=O) groups excluding carboxylic acids is 1. The molecule has 1 aromatic heterocycles. The van der Waals surface area contributed by atoms with E-state index in [1.54, 1.807) is 18.2 Å². The van der Waals surface area contributed by atoms with E-state index in [4.69, 9.17) is 4.42 Å². The van der Waals surface area contributed by atoms with Crippen LogP contribution in [0.1, 0.15) is 10.4 Å². The molecule has 0 amide bonds. The van der Waals surface area contributed by atoms with Crippen molar-refractivity contribution in [2.24, 2.45) is 0 Å². The van der Waals surface area contributed by atoms with E-state index in [0.717, 1.165) is 5.52 Å². The predicted molar refractivity (Wildman–Crippen MR) is 63.9 cm³/mol. The number of carbonyl (C=O) groups is 1. The molecule has 5 heteroatoms. The van der Waals surface area contributed by atoms with Gasteiger partial charge in [0.25, 0.3) is 5.22 Å². The van der Waals surface area contributed by atoms with E-state index in [-0.39, 0.29) is 5.78 Å². The molecule has 15 heavy (non-hydrogen) atoms. The van der Waals surface area contributed by atoms with Crippen LogP contribution in [0.5, 0.6) is 0 Å². The minimum Gasteiger partial charge on any atom is -0.431 e. The molecule has 0 N–H and O–H groups in total. The van der Waals surface area contributed by atoms with Gasteiger partial charge in [0.15, 0.2) is 11.4 Å². The summed E-state index contributed by atoms with van der Waals surface area (Å²) in [4.78, 5) is 15.7. The molecule has 0 aliphatic heterocycles. The Morgan fingerprint density at radius 3 is 3.07 bits per heavy atom. The van der Waals surface area contributed by atoms with Crippen molar-refractivity contribution in [1.82, 2.24) is 4.98 Å². The number of alkyl halides is 1. The molecule has 0 bridgehead atoms. The number of oxazole rings is 1. The van der Waals surface area contributed by atoms with E-state index in [0.29, 0.717) is 21.7 Å². The molecule has 78 valence electrons. The summed E-state index contributed by atoms with van der Waals surface area (Å²) in [5.41, 5.74) is 2.09. The lowest BCUT2D eigenvalue weighted by molar-refractivity contribution is 0.102. The van der Waals surface area contributed by atoms with Gasteiger partial charge >= 0.3 is 0 Å². The first kappa shape index (κ1) is 10.7. The fourth-order valence-corrected chi connectivity index (χ4v) is 1.93. The molecular weight excluding hydrogens is 278 g/mol. The van der Waals surface area contributed by atoms with Crippen LogP contribution >= 0.6 is 27.7 Å². The van der Waals surface area contributed by atoms with E-state index in [9.17, 15) is 4.79 Å². The van der Waals surface area contributed by atoms with Gasteiger partial charge in [0.2, 0.25) is 0 Å². The molecule has 2 aromatic rings. The molecule has 2 rings (SSSR count). The minimum atomic E-state index is 0.0469. The lowest BCUT2D eigenvalue weighted by atomic mass is 10.1. The third kappa shape index (κ3) is 2.08. The Balaban J connectivity index is 2.50. The van der Waals surface area contributed by atoms with Crippen LogP contribution in [0.3, 0.4) is 0 Å². The maximum atomic E-state index is 11.4. The second-order valence-corrected chi connectivity index (χ2v) is 4.24. The van der Waals surface area contributed by atoms with Gasteiger partial charge in [-0.3, -0.25) is 4.79 Å². The van der Waals surface area contributed by atoms with Gasteiger partial charge in [-0.15, -0.1) is 0 Å². The number of thioether (sulfide) groups is 1. The fourth-order valence-electron chi connectivity index (χ4n) is 1.24. The molecule has 0 saturated heterocycles. The zero-order valence-corrected chi connectivity index (χ0v) is 10.4.